The van der Waals surface area contributed by atoms with Gasteiger partial charge in [0, 0.05) is 85.0 Å². The van der Waals surface area contributed by atoms with E-state index in [0.29, 0.717) is 65.6 Å². The average Bonchev–Trinajstić information content (AvgIpc) is 3.76. The van der Waals surface area contributed by atoms with E-state index in [9.17, 15) is 14.4 Å². The Balaban J connectivity index is 0.718. The molecule has 2 aliphatic carbocycles. The fraction of sp³-hybridized carbons (Fsp3) is 0.435. The van der Waals surface area contributed by atoms with Crippen LogP contribution in [-0.4, -0.2) is 74.4 Å². The molecule has 5 aromatic rings. The second-order valence-corrected chi connectivity index (χ2v) is 17.4. The van der Waals surface area contributed by atoms with Crippen LogP contribution in [0.5, 0.6) is 0 Å². The van der Waals surface area contributed by atoms with Crippen LogP contribution in [0.15, 0.2) is 84.3 Å². The van der Waals surface area contributed by atoms with Crippen molar-refractivity contribution >= 4 is 45.9 Å². The van der Waals surface area contributed by atoms with Gasteiger partial charge in [0.25, 0.3) is 5.56 Å². The highest BCUT2D eigenvalue weighted by atomic mass is 16.2. The molecule has 3 saturated heterocycles. The van der Waals surface area contributed by atoms with E-state index in [1.165, 1.54) is 29.8 Å². The lowest BCUT2D eigenvalue weighted by molar-refractivity contribution is -0.134. The Morgan fingerprint density at radius 1 is 0.864 bits per heavy atom. The lowest BCUT2D eigenvalue weighted by atomic mass is 9.60. The highest BCUT2D eigenvalue weighted by Gasteiger charge is 2.52. The quantitative estimate of drug-likeness (QED) is 0.106. The van der Waals surface area contributed by atoms with Crippen LogP contribution < -0.4 is 31.3 Å². The van der Waals surface area contributed by atoms with Gasteiger partial charge in [-0.1, -0.05) is 31.2 Å². The molecule has 4 fully saturated rings. The number of hydrogen-bond donors (Lipinski definition) is 3. The molecule has 0 bridgehead atoms. The van der Waals surface area contributed by atoms with Crippen molar-refractivity contribution in [1.82, 2.24) is 34.9 Å². The number of aromatic nitrogens is 5. The Bertz CT molecular complexity index is 2470. The molecule has 5 aliphatic rings. The molecule has 3 N–H and O–H groups in total. The van der Waals surface area contributed by atoms with Gasteiger partial charge in [-0.3, -0.25) is 19.7 Å². The van der Waals surface area contributed by atoms with Crippen molar-refractivity contribution in [1.29, 1.82) is 0 Å². The molecular weight excluding hydrogens is 741 g/mol. The number of fused-ring (bicyclic) bond motifs is 2. The molecule has 2 aromatic carbocycles. The molecular formula is C46H52N10O3. The fourth-order valence-corrected chi connectivity index (χ4v) is 10.4. The summed E-state index contributed by atoms with van der Waals surface area (Å²) in [6.45, 7) is 10.6. The van der Waals surface area contributed by atoms with Crippen LogP contribution in [0.3, 0.4) is 0 Å². The van der Waals surface area contributed by atoms with Gasteiger partial charge in [-0.2, -0.15) is 4.98 Å². The standard InChI is InChI=1S/C46H52N10O3/c1-3-21-55-44(59)38-26-47-45(52-42(38)56(55)39-17-9-31-6-5-29(4-2)41(31)50-39)49-32-10-14-36(15-11-32)54-27-46(28-54)24-34(25-46)48-33-19-22-53(23-20-33)35-12-7-30(8-13-35)37-16-18-40(57)51-43(37)58/h3,7-15,17,26,29,33-34,37,48H,1,4-6,16,18-25,27-28H2,2H3,(H,47,49,52)(H,51,57,58). The first-order chi connectivity index (χ1) is 28.8. The van der Waals surface area contributed by atoms with E-state index in [0.717, 1.165) is 75.2 Å². The summed E-state index contributed by atoms with van der Waals surface area (Å²) in [6, 6.07) is 22.1. The molecule has 3 aromatic heterocycles. The van der Waals surface area contributed by atoms with Gasteiger partial charge >= 0.3 is 0 Å². The number of nitrogens with zero attached hydrogens (tertiary/aromatic N) is 7. The van der Waals surface area contributed by atoms with E-state index < -0.39 is 0 Å². The number of pyridine rings is 1. The summed E-state index contributed by atoms with van der Waals surface area (Å²) in [5, 5.41) is 10.3. The SMILES string of the molecule is C=CCn1c(=O)c2cnc(Nc3ccc(N4CC5(CC(NC6CCN(c7ccc(C8CCC(=O)NC8=O)cc7)CC6)C5)C4)cc3)nc2n1-c1ccc2c(n1)C(CC)CC2. The Hall–Kier alpha value is -5.82. The molecule has 2 atom stereocenters. The Morgan fingerprint density at radius 3 is 2.34 bits per heavy atom. The molecule has 59 heavy (non-hydrogen) atoms. The van der Waals surface area contributed by atoms with Gasteiger partial charge in [0.15, 0.2) is 11.5 Å². The maximum absolute atomic E-state index is 13.5. The Morgan fingerprint density at radius 2 is 1.61 bits per heavy atom. The molecule has 1 spiro atoms. The van der Waals surface area contributed by atoms with Crippen LogP contribution in [0.2, 0.25) is 0 Å². The summed E-state index contributed by atoms with van der Waals surface area (Å²) in [6.07, 6.45) is 12.2. The number of carbonyl (C=O) groups is 2. The van der Waals surface area contributed by atoms with Crippen LogP contribution in [0, 0.1) is 5.41 Å². The van der Waals surface area contributed by atoms with Gasteiger partial charge in [-0.05, 0) is 105 Å². The third kappa shape index (κ3) is 6.98. The van der Waals surface area contributed by atoms with Gasteiger partial charge in [0.2, 0.25) is 17.8 Å². The van der Waals surface area contributed by atoms with E-state index in [-0.39, 0.29) is 23.3 Å². The topological polar surface area (TPSA) is 142 Å². The summed E-state index contributed by atoms with van der Waals surface area (Å²) < 4.78 is 3.45. The smallest absolute Gasteiger partial charge is 0.278 e. The molecule has 10 rings (SSSR count). The number of hydrogen-bond acceptors (Lipinski definition) is 10. The number of imide groups is 1. The minimum Gasteiger partial charge on any atom is -0.371 e. The summed E-state index contributed by atoms with van der Waals surface area (Å²) in [4.78, 5) is 56.7. The maximum Gasteiger partial charge on any atom is 0.278 e. The fourth-order valence-electron chi connectivity index (χ4n) is 10.4. The third-order valence-electron chi connectivity index (χ3n) is 13.6. The van der Waals surface area contributed by atoms with Gasteiger partial charge < -0.3 is 20.4 Å². The summed E-state index contributed by atoms with van der Waals surface area (Å²) in [7, 11) is 0. The van der Waals surface area contributed by atoms with E-state index in [1.807, 2.05) is 10.7 Å². The molecule has 3 aliphatic heterocycles. The average molecular weight is 793 g/mol. The number of aryl methyl sites for hydroxylation is 1. The first-order valence-electron chi connectivity index (χ1n) is 21.4. The normalized spacial score (nSPS) is 21.6. The van der Waals surface area contributed by atoms with Crippen LogP contribution in [0.25, 0.3) is 16.9 Å². The van der Waals surface area contributed by atoms with E-state index >= 15 is 0 Å². The van der Waals surface area contributed by atoms with Crippen molar-refractivity contribution in [2.24, 2.45) is 5.41 Å². The van der Waals surface area contributed by atoms with Gasteiger partial charge in [-0.25, -0.2) is 19.3 Å². The number of carbonyl (C=O) groups excluding carboxylic acids is 2. The largest absolute Gasteiger partial charge is 0.371 e. The zero-order chi connectivity index (χ0) is 40.3. The molecule has 6 heterocycles. The predicted octanol–water partition coefficient (Wildman–Crippen LogP) is 6.09. The highest BCUT2D eigenvalue weighted by molar-refractivity contribution is 6.01. The molecule has 0 radical (unpaired) electrons. The number of nitrogens with one attached hydrogen (secondary N) is 3. The molecule has 2 amide bonds. The monoisotopic (exact) mass is 792 g/mol. The van der Waals surface area contributed by atoms with E-state index in [1.54, 1.807) is 17.0 Å². The lowest BCUT2D eigenvalue weighted by Gasteiger charge is -2.60. The van der Waals surface area contributed by atoms with Gasteiger partial charge in [0.1, 0.15) is 5.39 Å². The van der Waals surface area contributed by atoms with E-state index in [4.69, 9.17) is 9.97 Å². The zero-order valence-electron chi connectivity index (χ0n) is 33.7. The van der Waals surface area contributed by atoms with E-state index in [2.05, 4.69) is 98.8 Å². The summed E-state index contributed by atoms with van der Waals surface area (Å²) in [5.74, 6) is 0.938. The molecule has 304 valence electrons. The first kappa shape index (κ1) is 37.5. The molecule has 13 nitrogen and oxygen atoms in total. The van der Waals surface area contributed by atoms with Crippen LogP contribution in [0.1, 0.15) is 86.9 Å². The molecule has 2 unspecified atom stereocenters. The minimum atomic E-state index is -0.239. The maximum atomic E-state index is 13.5. The van der Waals surface area contributed by atoms with Crippen LogP contribution in [0.4, 0.5) is 23.0 Å². The predicted molar refractivity (Wildman–Crippen MR) is 230 cm³/mol. The number of anilines is 4. The second-order valence-electron chi connectivity index (χ2n) is 17.4. The Kier molecular flexibility index (Phi) is 9.58. The number of benzene rings is 2. The lowest BCUT2D eigenvalue weighted by Crippen LogP contribution is -2.67. The third-order valence-corrected chi connectivity index (χ3v) is 13.6. The van der Waals surface area contributed by atoms with Crippen molar-refractivity contribution in [2.75, 3.05) is 41.3 Å². The molecule has 13 heteroatoms. The van der Waals surface area contributed by atoms with Gasteiger partial charge in [0.05, 0.1) is 12.5 Å². The van der Waals surface area contributed by atoms with Crippen molar-refractivity contribution in [2.45, 2.75) is 95.2 Å². The number of piperidine rings is 2. The molecule has 1 saturated carbocycles. The van der Waals surface area contributed by atoms with Crippen molar-refractivity contribution in [3.8, 4) is 5.82 Å². The minimum absolute atomic E-state index is 0.166. The van der Waals surface area contributed by atoms with Crippen molar-refractivity contribution < 1.29 is 9.59 Å². The first-order valence-corrected chi connectivity index (χ1v) is 21.4. The zero-order valence-corrected chi connectivity index (χ0v) is 33.7. The van der Waals surface area contributed by atoms with Crippen molar-refractivity contribution in [3.63, 3.8) is 0 Å². The number of allylic oxidation sites excluding steroid dienone is 1. The van der Waals surface area contributed by atoms with Gasteiger partial charge in [-0.15, -0.1) is 6.58 Å². The second kappa shape index (κ2) is 15.1. The van der Waals surface area contributed by atoms with Crippen LogP contribution in [-0.2, 0) is 22.6 Å². The summed E-state index contributed by atoms with van der Waals surface area (Å²) >= 11 is 0. The Labute approximate surface area is 343 Å². The number of amides is 2. The van der Waals surface area contributed by atoms with Crippen LogP contribution >= 0.6 is 0 Å². The number of rotatable bonds is 11. The highest BCUT2D eigenvalue weighted by Crippen LogP contribution is 2.50. The van der Waals surface area contributed by atoms with Crippen molar-refractivity contribution in [3.05, 3.63) is 107 Å². The summed E-state index contributed by atoms with van der Waals surface area (Å²) in [5.41, 5.74) is 7.46.